The van der Waals surface area contributed by atoms with Gasteiger partial charge >= 0.3 is 0 Å². The Morgan fingerprint density at radius 1 is 1.17 bits per heavy atom. The van der Waals surface area contributed by atoms with Crippen LogP contribution in [0.3, 0.4) is 0 Å². The van der Waals surface area contributed by atoms with Crippen molar-refractivity contribution in [3.05, 3.63) is 70.9 Å². The number of carbonyl (C=O) groups is 1. The van der Waals surface area contributed by atoms with Crippen LogP contribution in [0.2, 0.25) is 5.02 Å². The number of benzene rings is 2. The molecular formula is C18H15ClN2O2. The van der Waals surface area contributed by atoms with E-state index in [1.165, 1.54) is 0 Å². The number of phenolic OH excluding ortho intramolecular Hbond substituents is 1. The summed E-state index contributed by atoms with van der Waals surface area (Å²) >= 11 is 5.86. The Kier molecular flexibility index (Phi) is 4.17. The summed E-state index contributed by atoms with van der Waals surface area (Å²) in [6.45, 7) is 0.426. The molecule has 5 heteroatoms. The molecule has 23 heavy (non-hydrogen) atoms. The average molecular weight is 327 g/mol. The number of carbonyl (C=O) groups excluding carboxylic acids is 1. The quantitative estimate of drug-likeness (QED) is 0.795. The van der Waals surface area contributed by atoms with E-state index in [0.717, 1.165) is 10.9 Å². The lowest BCUT2D eigenvalue weighted by Crippen LogP contribution is -2.26. The smallest absolute Gasteiger partial charge is 0.257 e. The Balaban J connectivity index is 1.87. The number of rotatable bonds is 3. The summed E-state index contributed by atoms with van der Waals surface area (Å²) in [5, 5.41) is 11.8. The summed E-state index contributed by atoms with van der Waals surface area (Å²) in [4.78, 5) is 18.3. The molecule has 1 aromatic heterocycles. The first-order valence-electron chi connectivity index (χ1n) is 7.13. The van der Waals surface area contributed by atoms with Crippen LogP contribution in [0.1, 0.15) is 15.9 Å². The molecule has 0 radical (unpaired) electrons. The van der Waals surface area contributed by atoms with E-state index in [1.807, 2.05) is 18.2 Å². The largest absolute Gasteiger partial charge is 0.505 e. The number of phenols is 1. The fourth-order valence-corrected chi connectivity index (χ4v) is 2.57. The number of nitrogens with zero attached hydrogens (tertiary/aromatic N) is 2. The molecule has 4 nitrogen and oxygen atoms in total. The zero-order valence-corrected chi connectivity index (χ0v) is 13.3. The van der Waals surface area contributed by atoms with Gasteiger partial charge in [0.1, 0.15) is 5.52 Å². The molecule has 1 heterocycles. The number of halogens is 1. The fourth-order valence-electron chi connectivity index (χ4n) is 2.44. The van der Waals surface area contributed by atoms with E-state index < -0.39 is 0 Å². The number of hydrogen-bond donors (Lipinski definition) is 1. The minimum atomic E-state index is -0.259. The lowest BCUT2D eigenvalue weighted by Gasteiger charge is -2.18. The first-order chi connectivity index (χ1) is 11.1. The van der Waals surface area contributed by atoms with Gasteiger partial charge in [0.05, 0.1) is 5.56 Å². The number of hydrogen-bond acceptors (Lipinski definition) is 3. The van der Waals surface area contributed by atoms with Crippen LogP contribution < -0.4 is 0 Å². The van der Waals surface area contributed by atoms with Crippen LogP contribution in [0.5, 0.6) is 5.75 Å². The highest BCUT2D eigenvalue weighted by atomic mass is 35.5. The van der Waals surface area contributed by atoms with Crippen LogP contribution in [-0.2, 0) is 6.54 Å². The van der Waals surface area contributed by atoms with Crippen LogP contribution in [0.25, 0.3) is 10.9 Å². The van der Waals surface area contributed by atoms with E-state index in [2.05, 4.69) is 4.98 Å². The molecule has 0 saturated heterocycles. The zero-order valence-electron chi connectivity index (χ0n) is 12.5. The van der Waals surface area contributed by atoms with Crippen molar-refractivity contribution in [3.63, 3.8) is 0 Å². The lowest BCUT2D eigenvalue weighted by molar-refractivity contribution is 0.0782. The second-order valence-electron chi connectivity index (χ2n) is 5.32. The third-order valence-electron chi connectivity index (χ3n) is 3.66. The van der Waals surface area contributed by atoms with E-state index in [4.69, 9.17) is 11.6 Å². The standard InChI is InChI=1S/C18H15ClN2O2/c1-21(11-12-4-7-14(19)8-5-12)18(23)15-9-6-13-3-2-10-20-16(13)17(15)22/h2-10,22H,11H2,1H3. The van der Waals surface area contributed by atoms with Gasteiger partial charge in [0.2, 0.25) is 0 Å². The maximum Gasteiger partial charge on any atom is 0.257 e. The van der Waals surface area contributed by atoms with Crippen molar-refractivity contribution in [1.82, 2.24) is 9.88 Å². The number of amides is 1. The average Bonchev–Trinajstić information content (AvgIpc) is 2.57. The van der Waals surface area contributed by atoms with Gasteiger partial charge in [0.15, 0.2) is 5.75 Å². The molecule has 1 amide bonds. The highest BCUT2D eigenvalue weighted by molar-refractivity contribution is 6.30. The van der Waals surface area contributed by atoms with Crippen LogP contribution in [0, 0.1) is 0 Å². The van der Waals surface area contributed by atoms with Crippen molar-refractivity contribution < 1.29 is 9.90 Å². The van der Waals surface area contributed by atoms with Gasteiger partial charge in [0, 0.05) is 30.2 Å². The van der Waals surface area contributed by atoms with E-state index in [0.29, 0.717) is 17.1 Å². The van der Waals surface area contributed by atoms with Gasteiger partial charge < -0.3 is 10.0 Å². The van der Waals surface area contributed by atoms with Crippen molar-refractivity contribution in [1.29, 1.82) is 0 Å². The van der Waals surface area contributed by atoms with Gasteiger partial charge in [-0.2, -0.15) is 0 Å². The lowest BCUT2D eigenvalue weighted by atomic mass is 10.1. The Morgan fingerprint density at radius 2 is 1.91 bits per heavy atom. The molecule has 116 valence electrons. The molecule has 3 rings (SSSR count). The van der Waals surface area contributed by atoms with Crippen molar-refractivity contribution in [2.75, 3.05) is 7.05 Å². The molecule has 0 aliphatic carbocycles. The Hall–Kier alpha value is -2.59. The molecular weight excluding hydrogens is 312 g/mol. The highest BCUT2D eigenvalue weighted by Crippen LogP contribution is 2.27. The molecule has 0 spiro atoms. The first-order valence-corrected chi connectivity index (χ1v) is 7.50. The first kappa shape index (κ1) is 15.3. The zero-order chi connectivity index (χ0) is 16.4. The summed E-state index contributed by atoms with van der Waals surface area (Å²) in [6.07, 6.45) is 1.59. The van der Waals surface area contributed by atoms with E-state index >= 15 is 0 Å². The number of aromatic nitrogens is 1. The minimum Gasteiger partial charge on any atom is -0.505 e. The van der Waals surface area contributed by atoms with E-state index in [-0.39, 0.29) is 17.2 Å². The Labute approximate surface area is 139 Å². The molecule has 3 aromatic rings. The monoisotopic (exact) mass is 326 g/mol. The predicted octanol–water partition coefficient (Wildman–Crippen LogP) is 3.87. The summed E-state index contributed by atoms with van der Waals surface area (Å²) < 4.78 is 0. The van der Waals surface area contributed by atoms with Crippen molar-refractivity contribution in [3.8, 4) is 5.75 Å². The molecule has 0 saturated carbocycles. The third kappa shape index (κ3) is 3.12. The molecule has 1 N–H and O–H groups in total. The maximum absolute atomic E-state index is 12.6. The van der Waals surface area contributed by atoms with Gasteiger partial charge in [-0.05, 0) is 29.8 Å². The van der Waals surface area contributed by atoms with Crippen molar-refractivity contribution in [2.24, 2.45) is 0 Å². The summed E-state index contributed by atoms with van der Waals surface area (Å²) in [5.41, 5.74) is 1.63. The molecule has 0 atom stereocenters. The fraction of sp³-hybridized carbons (Fsp3) is 0.111. The number of pyridine rings is 1. The normalized spacial score (nSPS) is 10.7. The number of fused-ring (bicyclic) bond motifs is 1. The van der Waals surface area contributed by atoms with Crippen molar-refractivity contribution >= 4 is 28.4 Å². The second-order valence-corrected chi connectivity index (χ2v) is 5.76. The van der Waals surface area contributed by atoms with Gasteiger partial charge in [0.25, 0.3) is 5.91 Å². The van der Waals surface area contributed by atoms with Crippen LogP contribution in [-0.4, -0.2) is 27.9 Å². The summed E-state index contributed by atoms with van der Waals surface area (Å²) in [5.74, 6) is -0.346. The molecule has 0 aliphatic heterocycles. The maximum atomic E-state index is 12.6. The Morgan fingerprint density at radius 3 is 2.65 bits per heavy atom. The van der Waals surface area contributed by atoms with Crippen molar-refractivity contribution in [2.45, 2.75) is 6.54 Å². The summed E-state index contributed by atoms with van der Waals surface area (Å²) in [7, 11) is 1.69. The molecule has 0 fully saturated rings. The molecule has 0 unspecified atom stereocenters. The highest BCUT2D eigenvalue weighted by Gasteiger charge is 2.18. The SMILES string of the molecule is CN(Cc1ccc(Cl)cc1)C(=O)c1ccc2cccnc2c1O. The van der Waals surface area contributed by atoms with E-state index in [9.17, 15) is 9.90 Å². The second kappa shape index (κ2) is 6.26. The Bertz CT molecular complexity index is 863. The van der Waals surface area contributed by atoms with Crippen LogP contribution in [0.4, 0.5) is 0 Å². The minimum absolute atomic E-state index is 0.0870. The molecule has 0 bridgehead atoms. The van der Waals surface area contributed by atoms with Crippen LogP contribution in [0.15, 0.2) is 54.7 Å². The van der Waals surface area contributed by atoms with Gasteiger partial charge in [-0.15, -0.1) is 0 Å². The molecule has 0 aliphatic rings. The van der Waals surface area contributed by atoms with Gasteiger partial charge in [-0.3, -0.25) is 9.78 Å². The summed E-state index contributed by atoms with van der Waals surface area (Å²) in [6, 6.07) is 14.3. The predicted molar refractivity (Wildman–Crippen MR) is 90.7 cm³/mol. The van der Waals surface area contributed by atoms with Crippen LogP contribution >= 0.6 is 11.6 Å². The third-order valence-corrected chi connectivity index (χ3v) is 3.91. The number of aromatic hydroxyl groups is 1. The molecule has 2 aromatic carbocycles. The topological polar surface area (TPSA) is 53.4 Å². The van der Waals surface area contributed by atoms with Gasteiger partial charge in [-0.1, -0.05) is 35.9 Å². The van der Waals surface area contributed by atoms with Gasteiger partial charge in [-0.25, -0.2) is 0 Å². The van der Waals surface area contributed by atoms with E-state index in [1.54, 1.807) is 48.5 Å².